The standard InChI is InChI=1S/C44H48N12O7/c1-4-20-54-40(60)30-25-47-43(51-38(30)56(54)34-11-6-10-33(49-34)44(2,3)63)48-27-12-14-28(15-13-27)53-23-21-52(22-24-53)26-36(58)46-19-7-18-45-31-9-5-8-29-37(31)42(62)55(41(29)61)32-16-17-35(57)50-39(32)59/h4-6,8-15,25,32,45,63H,1,7,16-24,26H2,2-3H3,(H,46,58)(H,47,48,51)(H,50,57,59). The van der Waals surface area contributed by atoms with Crippen molar-refractivity contribution in [2.75, 3.05) is 61.3 Å². The Hall–Kier alpha value is -7.25. The molecule has 0 radical (unpaired) electrons. The number of nitrogens with one attached hydrogen (secondary N) is 4. The van der Waals surface area contributed by atoms with E-state index in [0.717, 1.165) is 29.4 Å². The Labute approximate surface area is 361 Å². The zero-order valence-electron chi connectivity index (χ0n) is 35.0. The van der Waals surface area contributed by atoms with Crippen molar-refractivity contribution in [2.45, 2.75) is 51.3 Å². The summed E-state index contributed by atoms with van der Waals surface area (Å²) in [4.78, 5) is 95.8. The molecule has 6 heterocycles. The summed E-state index contributed by atoms with van der Waals surface area (Å²) in [5.74, 6) is -1.61. The molecule has 2 aromatic carbocycles. The number of amides is 5. The summed E-state index contributed by atoms with van der Waals surface area (Å²) < 4.78 is 3.09. The third-order valence-corrected chi connectivity index (χ3v) is 11.2. The number of pyridine rings is 1. The van der Waals surface area contributed by atoms with Gasteiger partial charge in [-0.3, -0.25) is 43.9 Å². The summed E-state index contributed by atoms with van der Waals surface area (Å²) in [6, 6.07) is 17.0. The zero-order valence-corrected chi connectivity index (χ0v) is 35.0. The molecule has 3 aliphatic rings. The number of imide groups is 2. The highest BCUT2D eigenvalue weighted by atomic mass is 16.3. The van der Waals surface area contributed by atoms with Gasteiger partial charge in [-0.2, -0.15) is 4.98 Å². The number of benzene rings is 2. The van der Waals surface area contributed by atoms with Crippen molar-refractivity contribution in [1.29, 1.82) is 0 Å². The quantitative estimate of drug-likeness (QED) is 0.0579. The first-order valence-corrected chi connectivity index (χ1v) is 20.8. The molecule has 2 saturated heterocycles. The molecular weight excluding hydrogens is 809 g/mol. The lowest BCUT2D eigenvalue weighted by atomic mass is 10.0. The highest BCUT2D eigenvalue weighted by molar-refractivity contribution is 6.25. The SMILES string of the molecule is C=CCn1c(=O)c2cnc(Nc3ccc(N4CCN(CC(=O)NCCCNc5cccc6c5C(=O)N(C5CCC(=O)NC5=O)C6=O)CC4)cc3)nc2n1-c1cccc(C(C)(C)O)n1. The van der Waals surface area contributed by atoms with E-state index < -0.39 is 35.3 Å². The van der Waals surface area contributed by atoms with Gasteiger partial charge in [0.25, 0.3) is 17.4 Å². The smallest absolute Gasteiger partial charge is 0.278 e. The van der Waals surface area contributed by atoms with Crippen molar-refractivity contribution < 1.29 is 29.1 Å². The molecule has 19 nitrogen and oxygen atoms in total. The number of fused-ring (bicyclic) bond motifs is 2. The summed E-state index contributed by atoms with van der Waals surface area (Å²) >= 11 is 0. The van der Waals surface area contributed by atoms with E-state index >= 15 is 0 Å². The maximum absolute atomic E-state index is 13.4. The molecular formula is C44H48N12O7. The Morgan fingerprint density at radius 2 is 1.71 bits per heavy atom. The van der Waals surface area contributed by atoms with E-state index in [1.165, 1.54) is 10.9 Å². The number of aromatic nitrogens is 5. The number of hydrogen-bond acceptors (Lipinski definition) is 14. The largest absolute Gasteiger partial charge is 0.384 e. The van der Waals surface area contributed by atoms with E-state index in [2.05, 4.69) is 47.6 Å². The van der Waals surface area contributed by atoms with E-state index in [9.17, 15) is 33.9 Å². The van der Waals surface area contributed by atoms with Gasteiger partial charge >= 0.3 is 0 Å². The van der Waals surface area contributed by atoms with Crippen LogP contribution in [0.3, 0.4) is 0 Å². The number of rotatable bonds is 15. The highest BCUT2D eigenvalue weighted by Gasteiger charge is 2.45. The Balaban J connectivity index is 0.803. The highest BCUT2D eigenvalue weighted by Crippen LogP contribution is 2.32. The maximum atomic E-state index is 13.4. The number of carbonyl (C=O) groups is 5. The van der Waals surface area contributed by atoms with Crippen LogP contribution in [-0.4, -0.2) is 121 Å². The van der Waals surface area contributed by atoms with Crippen LogP contribution in [-0.2, 0) is 26.5 Å². The van der Waals surface area contributed by atoms with E-state index in [4.69, 9.17) is 4.98 Å². The summed E-state index contributed by atoms with van der Waals surface area (Å²) in [5.41, 5.74) is 1.95. The Morgan fingerprint density at radius 3 is 2.44 bits per heavy atom. The van der Waals surface area contributed by atoms with E-state index in [1.54, 1.807) is 61.0 Å². The number of carbonyl (C=O) groups excluding carboxylic acids is 5. The second-order valence-electron chi connectivity index (χ2n) is 16.1. The second-order valence-corrected chi connectivity index (χ2v) is 16.1. The first kappa shape index (κ1) is 42.4. The minimum Gasteiger partial charge on any atom is -0.384 e. The molecule has 0 bridgehead atoms. The van der Waals surface area contributed by atoms with Crippen molar-refractivity contribution in [1.82, 2.24) is 44.7 Å². The van der Waals surface area contributed by atoms with Gasteiger partial charge < -0.3 is 26.0 Å². The minimum atomic E-state index is -1.19. The monoisotopic (exact) mass is 856 g/mol. The number of nitrogens with zero attached hydrogens (tertiary/aromatic N) is 8. The van der Waals surface area contributed by atoms with Crippen LogP contribution in [0.4, 0.5) is 23.0 Å². The number of anilines is 4. The Kier molecular flexibility index (Phi) is 11.9. The number of aliphatic hydroxyl groups is 1. The van der Waals surface area contributed by atoms with Crippen LogP contribution < -0.4 is 31.7 Å². The van der Waals surface area contributed by atoms with Gasteiger partial charge in [-0.15, -0.1) is 6.58 Å². The fraction of sp³-hybridized carbons (Fsp3) is 0.341. The summed E-state index contributed by atoms with van der Waals surface area (Å²) in [5, 5.41) is 22.5. The number of hydrogen-bond donors (Lipinski definition) is 5. The fourth-order valence-electron chi connectivity index (χ4n) is 8.00. The van der Waals surface area contributed by atoms with Crippen LogP contribution in [0.1, 0.15) is 59.5 Å². The van der Waals surface area contributed by atoms with Crippen molar-refractivity contribution in [2.24, 2.45) is 0 Å². The zero-order chi connectivity index (χ0) is 44.4. The first-order valence-electron chi connectivity index (χ1n) is 20.8. The number of allylic oxidation sites excluding steroid dienone is 1. The van der Waals surface area contributed by atoms with E-state index in [0.29, 0.717) is 60.8 Å². The fourth-order valence-corrected chi connectivity index (χ4v) is 8.00. The van der Waals surface area contributed by atoms with Gasteiger partial charge in [-0.25, -0.2) is 19.3 Å². The Morgan fingerprint density at radius 1 is 0.952 bits per heavy atom. The molecule has 8 rings (SSSR count). The molecule has 0 aliphatic carbocycles. The van der Waals surface area contributed by atoms with Crippen LogP contribution in [0.15, 0.2) is 84.3 Å². The van der Waals surface area contributed by atoms with Crippen LogP contribution in [0.25, 0.3) is 16.9 Å². The molecule has 19 heteroatoms. The van der Waals surface area contributed by atoms with Crippen LogP contribution >= 0.6 is 0 Å². The van der Waals surface area contributed by atoms with Crippen molar-refractivity contribution in [3.63, 3.8) is 0 Å². The van der Waals surface area contributed by atoms with E-state index in [1.807, 2.05) is 24.3 Å². The van der Waals surface area contributed by atoms with Crippen molar-refractivity contribution >= 4 is 63.6 Å². The van der Waals surface area contributed by atoms with Gasteiger partial charge in [0, 0.05) is 68.9 Å². The number of piperidine rings is 1. The van der Waals surface area contributed by atoms with Crippen molar-refractivity contribution in [3.05, 3.63) is 107 Å². The molecule has 5 amide bonds. The van der Waals surface area contributed by atoms with Gasteiger partial charge in [0.15, 0.2) is 11.5 Å². The average molecular weight is 857 g/mol. The molecule has 3 aliphatic heterocycles. The van der Waals surface area contributed by atoms with Crippen LogP contribution in [0, 0.1) is 0 Å². The lowest BCUT2D eigenvalue weighted by Crippen LogP contribution is -2.54. The van der Waals surface area contributed by atoms with Crippen LogP contribution in [0.5, 0.6) is 0 Å². The predicted molar refractivity (Wildman–Crippen MR) is 234 cm³/mol. The molecule has 2 fully saturated rings. The van der Waals surface area contributed by atoms with Gasteiger partial charge in [-0.1, -0.05) is 18.2 Å². The van der Waals surface area contributed by atoms with Gasteiger partial charge in [0.05, 0.1) is 29.9 Å². The molecule has 0 saturated carbocycles. The molecule has 326 valence electrons. The summed E-state index contributed by atoms with van der Waals surface area (Å²) in [6.07, 6.45) is 3.80. The van der Waals surface area contributed by atoms with Gasteiger partial charge in [0.2, 0.25) is 23.7 Å². The Bertz CT molecular complexity index is 2680. The van der Waals surface area contributed by atoms with E-state index in [-0.39, 0.29) is 54.5 Å². The predicted octanol–water partition coefficient (Wildman–Crippen LogP) is 2.28. The molecule has 3 aromatic heterocycles. The van der Waals surface area contributed by atoms with Gasteiger partial charge in [0.1, 0.15) is 17.0 Å². The molecule has 0 spiro atoms. The molecule has 1 atom stereocenters. The molecule has 63 heavy (non-hydrogen) atoms. The molecule has 5 N–H and O–H groups in total. The number of piperazine rings is 1. The average Bonchev–Trinajstić information content (AvgIpc) is 3.68. The summed E-state index contributed by atoms with van der Waals surface area (Å²) in [7, 11) is 0. The second kappa shape index (κ2) is 17.6. The molecule has 5 aromatic rings. The summed E-state index contributed by atoms with van der Waals surface area (Å²) in [6.45, 7) is 11.3. The van der Waals surface area contributed by atoms with Crippen molar-refractivity contribution in [3.8, 4) is 5.82 Å². The lowest BCUT2D eigenvalue weighted by Gasteiger charge is -2.35. The first-order chi connectivity index (χ1) is 30.3. The third-order valence-electron chi connectivity index (χ3n) is 11.2. The molecule has 1 unspecified atom stereocenters. The maximum Gasteiger partial charge on any atom is 0.278 e. The lowest BCUT2D eigenvalue weighted by molar-refractivity contribution is -0.136. The topological polar surface area (TPSA) is 229 Å². The third kappa shape index (κ3) is 8.78. The normalized spacial score (nSPS) is 16.9. The minimum absolute atomic E-state index is 0.0473. The van der Waals surface area contributed by atoms with Gasteiger partial charge in [-0.05, 0) is 75.2 Å². The van der Waals surface area contributed by atoms with Crippen LogP contribution in [0.2, 0.25) is 0 Å².